The van der Waals surface area contributed by atoms with E-state index in [4.69, 9.17) is 4.74 Å². The van der Waals surface area contributed by atoms with Gasteiger partial charge < -0.3 is 20.3 Å². The van der Waals surface area contributed by atoms with Gasteiger partial charge in [-0.3, -0.25) is 4.79 Å². The molecule has 5 nitrogen and oxygen atoms in total. The van der Waals surface area contributed by atoms with Crippen molar-refractivity contribution in [1.29, 1.82) is 0 Å². The van der Waals surface area contributed by atoms with Gasteiger partial charge in [-0.25, -0.2) is 0 Å². The molecule has 25 heavy (non-hydrogen) atoms. The molecule has 0 aromatic heterocycles. The quantitative estimate of drug-likeness (QED) is 0.812. The summed E-state index contributed by atoms with van der Waals surface area (Å²) in [5.74, 6) is 0.513. The first-order valence-electron chi connectivity index (χ1n) is 8.59. The molecule has 3 rings (SSSR count). The van der Waals surface area contributed by atoms with E-state index >= 15 is 0 Å². The van der Waals surface area contributed by atoms with Gasteiger partial charge >= 0.3 is 0 Å². The van der Waals surface area contributed by atoms with Gasteiger partial charge in [0, 0.05) is 26.2 Å². The molecule has 5 heteroatoms. The van der Waals surface area contributed by atoms with Gasteiger partial charge in [0.1, 0.15) is 12.4 Å². The van der Waals surface area contributed by atoms with Crippen LogP contribution in [0.5, 0.6) is 5.75 Å². The molecule has 0 atom stereocenters. The Balaban J connectivity index is 1.61. The van der Waals surface area contributed by atoms with Crippen molar-refractivity contribution in [1.82, 2.24) is 15.5 Å². The normalized spacial score (nSPS) is 12.9. The second-order valence-corrected chi connectivity index (χ2v) is 6.54. The van der Waals surface area contributed by atoms with Crippen molar-refractivity contribution in [2.45, 2.75) is 19.6 Å². The van der Waals surface area contributed by atoms with Crippen molar-refractivity contribution in [2.75, 3.05) is 27.2 Å². The number of hydrogen-bond donors (Lipinski definition) is 2. The van der Waals surface area contributed by atoms with E-state index in [-0.39, 0.29) is 5.91 Å². The minimum Gasteiger partial charge on any atom is -0.491 e. The van der Waals surface area contributed by atoms with E-state index in [0.29, 0.717) is 24.5 Å². The third kappa shape index (κ3) is 4.59. The zero-order valence-electron chi connectivity index (χ0n) is 14.8. The van der Waals surface area contributed by atoms with Crippen molar-refractivity contribution in [2.24, 2.45) is 0 Å². The van der Waals surface area contributed by atoms with Gasteiger partial charge in [0.05, 0.1) is 5.56 Å². The molecule has 2 aromatic rings. The first kappa shape index (κ1) is 17.5. The Morgan fingerprint density at radius 3 is 2.80 bits per heavy atom. The largest absolute Gasteiger partial charge is 0.491 e. The van der Waals surface area contributed by atoms with Crippen molar-refractivity contribution in [3.8, 4) is 5.75 Å². The van der Waals surface area contributed by atoms with Gasteiger partial charge in [0.25, 0.3) is 5.91 Å². The third-order valence-electron chi connectivity index (χ3n) is 4.28. The van der Waals surface area contributed by atoms with E-state index in [2.05, 4.69) is 28.8 Å². The van der Waals surface area contributed by atoms with Crippen LogP contribution >= 0.6 is 0 Å². The van der Waals surface area contributed by atoms with Crippen LogP contribution in [-0.4, -0.2) is 38.1 Å². The molecule has 0 saturated heterocycles. The number of benzene rings is 2. The Kier molecular flexibility index (Phi) is 5.68. The van der Waals surface area contributed by atoms with E-state index in [1.54, 1.807) is 6.07 Å². The molecular weight excluding hydrogens is 314 g/mol. The van der Waals surface area contributed by atoms with E-state index in [0.717, 1.165) is 25.2 Å². The smallest absolute Gasteiger partial charge is 0.255 e. The Labute approximate surface area is 149 Å². The molecular formula is C20H25N3O2. The fourth-order valence-corrected chi connectivity index (χ4v) is 2.85. The van der Waals surface area contributed by atoms with Gasteiger partial charge in [0.15, 0.2) is 0 Å². The van der Waals surface area contributed by atoms with Crippen LogP contribution in [0.15, 0.2) is 42.5 Å². The number of fused-ring (bicyclic) bond motifs is 1. The lowest BCUT2D eigenvalue weighted by Crippen LogP contribution is -2.24. The van der Waals surface area contributed by atoms with Crippen molar-refractivity contribution in [3.05, 3.63) is 64.7 Å². The number of amides is 1. The number of para-hydroxylation sites is 1. The Morgan fingerprint density at radius 2 is 1.96 bits per heavy atom. The van der Waals surface area contributed by atoms with Crippen LogP contribution in [0, 0.1) is 0 Å². The maximum Gasteiger partial charge on any atom is 0.255 e. The van der Waals surface area contributed by atoms with Gasteiger partial charge in [0.2, 0.25) is 0 Å². The number of carbonyl (C=O) groups excluding carboxylic acids is 1. The lowest BCUT2D eigenvalue weighted by Gasteiger charge is -2.14. The minimum atomic E-state index is -0.112. The third-order valence-corrected chi connectivity index (χ3v) is 4.28. The maximum absolute atomic E-state index is 12.6. The van der Waals surface area contributed by atoms with Gasteiger partial charge in [-0.15, -0.1) is 0 Å². The molecule has 0 bridgehead atoms. The summed E-state index contributed by atoms with van der Waals surface area (Å²) in [7, 11) is 3.99. The SMILES string of the molecule is CN(C)CCOc1ccccc1C(=O)NCc1ccc2c(c1)CNC2. The molecule has 2 N–H and O–H groups in total. The molecule has 0 saturated carbocycles. The van der Waals surface area contributed by atoms with E-state index in [1.807, 2.05) is 37.2 Å². The van der Waals surface area contributed by atoms with Gasteiger partial charge in [-0.1, -0.05) is 30.3 Å². The van der Waals surface area contributed by atoms with Gasteiger partial charge in [-0.2, -0.15) is 0 Å². The summed E-state index contributed by atoms with van der Waals surface area (Å²) in [5.41, 5.74) is 4.35. The van der Waals surface area contributed by atoms with E-state index in [1.165, 1.54) is 11.1 Å². The van der Waals surface area contributed by atoms with Crippen molar-refractivity contribution in [3.63, 3.8) is 0 Å². The van der Waals surface area contributed by atoms with Crippen LogP contribution in [0.4, 0.5) is 0 Å². The zero-order chi connectivity index (χ0) is 17.6. The molecule has 0 aliphatic carbocycles. The lowest BCUT2D eigenvalue weighted by atomic mass is 10.1. The van der Waals surface area contributed by atoms with Crippen LogP contribution in [-0.2, 0) is 19.6 Å². The highest BCUT2D eigenvalue weighted by molar-refractivity contribution is 5.96. The van der Waals surface area contributed by atoms with Crippen LogP contribution < -0.4 is 15.4 Å². The highest BCUT2D eigenvalue weighted by Gasteiger charge is 2.13. The average molecular weight is 339 g/mol. The van der Waals surface area contributed by atoms with Crippen molar-refractivity contribution >= 4 is 5.91 Å². The van der Waals surface area contributed by atoms with Crippen LogP contribution in [0.2, 0.25) is 0 Å². The van der Waals surface area contributed by atoms with Crippen molar-refractivity contribution < 1.29 is 9.53 Å². The summed E-state index contributed by atoms with van der Waals surface area (Å²) >= 11 is 0. The standard InChI is InChI=1S/C20H25N3O2/c1-23(2)9-10-25-19-6-4-3-5-18(19)20(24)22-12-15-7-8-16-13-21-14-17(16)11-15/h3-8,11,21H,9-10,12-14H2,1-2H3,(H,22,24). The molecule has 1 aliphatic rings. The summed E-state index contributed by atoms with van der Waals surface area (Å²) in [6, 6.07) is 13.7. The number of nitrogens with one attached hydrogen (secondary N) is 2. The second kappa shape index (κ2) is 8.14. The molecule has 0 radical (unpaired) electrons. The summed E-state index contributed by atoms with van der Waals surface area (Å²) in [6.07, 6.45) is 0. The summed E-state index contributed by atoms with van der Waals surface area (Å²) < 4.78 is 5.77. The highest BCUT2D eigenvalue weighted by atomic mass is 16.5. The molecule has 1 aliphatic heterocycles. The Hall–Kier alpha value is -2.37. The minimum absolute atomic E-state index is 0.112. The molecule has 1 heterocycles. The second-order valence-electron chi connectivity index (χ2n) is 6.54. The molecule has 1 amide bonds. The predicted octanol–water partition coefficient (Wildman–Crippen LogP) is 2.16. The first-order chi connectivity index (χ1) is 12.1. The monoisotopic (exact) mass is 339 g/mol. The van der Waals surface area contributed by atoms with E-state index in [9.17, 15) is 4.79 Å². The fourth-order valence-electron chi connectivity index (χ4n) is 2.85. The number of rotatable bonds is 7. The highest BCUT2D eigenvalue weighted by Crippen LogP contribution is 2.19. The summed E-state index contributed by atoms with van der Waals surface area (Å²) in [6.45, 7) is 3.70. The number of hydrogen-bond acceptors (Lipinski definition) is 4. The topological polar surface area (TPSA) is 53.6 Å². The number of likely N-dealkylation sites (N-methyl/N-ethyl adjacent to an activating group) is 1. The average Bonchev–Trinajstić information content (AvgIpc) is 3.07. The summed E-state index contributed by atoms with van der Waals surface area (Å²) in [5, 5.41) is 6.33. The molecule has 0 spiro atoms. The molecule has 132 valence electrons. The summed E-state index contributed by atoms with van der Waals surface area (Å²) in [4.78, 5) is 14.6. The molecule has 0 fully saturated rings. The Morgan fingerprint density at radius 1 is 1.16 bits per heavy atom. The first-order valence-corrected chi connectivity index (χ1v) is 8.59. The van der Waals surface area contributed by atoms with Crippen LogP contribution in [0.25, 0.3) is 0 Å². The number of carbonyl (C=O) groups is 1. The predicted molar refractivity (Wildman–Crippen MR) is 98.6 cm³/mol. The van der Waals surface area contributed by atoms with Crippen LogP contribution in [0.1, 0.15) is 27.0 Å². The van der Waals surface area contributed by atoms with Crippen LogP contribution in [0.3, 0.4) is 0 Å². The maximum atomic E-state index is 12.6. The zero-order valence-corrected chi connectivity index (χ0v) is 14.8. The lowest BCUT2D eigenvalue weighted by molar-refractivity contribution is 0.0946. The fraction of sp³-hybridized carbons (Fsp3) is 0.350. The molecule has 2 aromatic carbocycles. The molecule has 0 unspecified atom stereocenters. The number of ether oxygens (including phenoxy) is 1. The number of nitrogens with zero attached hydrogens (tertiary/aromatic N) is 1. The Bertz CT molecular complexity index is 743. The van der Waals surface area contributed by atoms with E-state index < -0.39 is 0 Å². The van der Waals surface area contributed by atoms with Gasteiger partial charge in [-0.05, 0) is 42.9 Å².